The van der Waals surface area contributed by atoms with Gasteiger partial charge in [0.1, 0.15) is 5.76 Å². The van der Waals surface area contributed by atoms with Crippen LogP contribution in [-0.4, -0.2) is 55.4 Å². The van der Waals surface area contributed by atoms with Crippen LogP contribution in [0.1, 0.15) is 55.6 Å². The maximum Gasteiger partial charge on any atom is 0.293 e. The van der Waals surface area contributed by atoms with E-state index in [1.807, 2.05) is 13.0 Å². The van der Waals surface area contributed by atoms with Crippen LogP contribution in [0.3, 0.4) is 0 Å². The summed E-state index contributed by atoms with van der Waals surface area (Å²) in [6.07, 6.45) is 6.82. The Morgan fingerprint density at radius 2 is 2.09 bits per heavy atom. The van der Waals surface area contributed by atoms with Crippen LogP contribution in [0, 0.1) is 0 Å². The number of nitrogens with two attached hydrogens (primary N) is 1. The van der Waals surface area contributed by atoms with Gasteiger partial charge in [-0.2, -0.15) is 9.78 Å². The molecule has 0 atom stereocenters. The van der Waals surface area contributed by atoms with Crippen LogP contribution in [0.4, 0.5) is 5.82 Å². The number of hydrogen-bond acceptors (Lipinski definition) is 10. The Morgan fingerprint density at radius 3 is 2.72 bits per heavy atom. The molecule has 12 nitrogen and oxygen atoms in total. The molecule has 0 saturated carbocycles. The average molecular weight is 441 g/mol. The highest BCUT2D eigenvalue weighted by atomic mass is 16.6. The van der Waals surface area contributed by atoms with Crippen molar-refractivity contribution in [3.8, 4) is 5.82 Å². The number of aromatic nitrogens is 5. The zero-order chi connectivity index (χ0) is 22.9. The fraction of sp³-hybridized carbons (Fsp3) is 0.400. The van der Waals surface area contributed by atoms with Crippen molar-refractivity contribution < 1.29 is 13.8 Å². The molecule has 3 heterocycles. The highest BCUT2D eigenvalue weighted by molar-refractivity contribution is 5.94. The second-order valence-electron chi connectivity index (χ2n) is 7.15. The second kappa shape index (κ2) is 11.0. The largest absolute Gasteiger partial charge is 0.465 e. The number of nitrogens with zero attached hydrogens (tertiary/aromatic N) is 7. The van der Waals surface area contributed by atoms with E-state index in [9.17, 15) is 4.79 Å². The molecule has 1 amide bonds. The number of hydrazone groups is 1. The number of nitrogens with one attached hydrogen (secondary N) is 1. The molecule has 0 spiro atoms. The highest BCUT2D eigenvalue weighted by Gasteiger charge is 2.25. The molecule has 3 aromatic heterocycles. The molecule has 0 aliphatic carbocycles. The van der Waals surface area contributed by atoms with Crippen molar-refractivity contribution in [3.63, 3.8) is 0 Å². The summed E-state index contributed by atoms with van der Waals surface area (Å²) in [5.74, 6) is 0.421. The summed E-state index contributed by atoms with van der Waals surface area (Å²) in [4.78, 5) is 15.0. The van der Waals surface area contributed by atoms with Crippen molar-refractivity contribution in [2.75, 3.05) is 18.8 Å². The predicted octanol–water partition coefficient (Wildman–Crippen LogP) is 2.27. The van der Waals surface area contributed by atoms with Gasteiger partial charge >= 0.3 is 0 Å². The number of amides is 1. The average Bonchev–Trinajstić information content (AvgIpc) is 3.50. The number of hydrogen-bond donors (Lipinski definition) is 2. The Morgan fingerprint density at radius 1 is 1.31 bits per heavy atom. The molecule has 0 aromatic carbocycles. The molecule has 0 fully saturated rings. The first-order valence-electron chi connectivity index (χ1n) is 10.3. The number of furan rings is 1. The first-order valence-corrected chi connectivity index (χ1v) is 10.3. The number of rotatable bonds is 11. The first kappa shape index (κ1) is 22.9. The molecule has 32 heavy (non-hydrogen) atoms. The Balaban J connectivity index is 1.83. The lowest BCUT2D eigenvalue weighted by Gasteiger charge is -2.21. The zero-order valence-electron chi connectivity index (χ0n) is 18.4. The molecule has 0 aliphatic heterocycles. The van der Waals surface area contributed by atoms with Gasteiger partial charge in [0.25, 0.3) is 5.91 Å². The van der Waals surface area contributed by atoms with E-state index in [1.54, 1.807) is 18.4 Å². The third-order valence-electron chi connectivity index (χ3n) is 4.47. The Labute approximate surface area is 185 Å². The van der Waals surface area contributed by atoms with Crippen LogP contribution >= 0.6 is 0 Å². The third-order valence-corrected chi connectivity index (χ3v) is 4.47. The summed E-state index contributed by atoms with van der Waals surface area (Å²) < 4.78 is 11.3. The van der Waals surface area contributed by atoms with Crippen LogP contribution in [0.25, 0.3) is 11.9 Å². The molecule has 0 radical (unpaired) electrons. The van der Waals surface area contributed by atoms with E-state index in [0.717, 1.165) is 31.5 Å². The van der Waals surface area contributed by atoms with E-state index in [2.05, 4.69) is 49.9 Å². The number of carbonyl (C=O) groups excluding carboxylic acids is 1. The third kappa shape index (κ3) is 5.66. The fourth-order valence-electron chi connectivity index (χ4n) is 3.12. The highest BCUT2D eigenvalue weighted by Crippen LogP contribution is 2.18. The lowest BCUT2D eigenvalue weighted by molar-refractivity contribution is 0.0947. The molecule has 3 rings (SSSR count). The summed E-state index contributed by atoms with van der Waals surface area (Å²) in [7, 11) is 0. The Kier molecular flexibility index (Phi) is 7.86. The van der Waals surface area contributed by atoms with Gasteiger partial charge in [-0.05, 0) is 67.0 Å². The van der Waals surface area contributed by atoms with Gasteiger partial charge in [-0.1, -0.05) is 19.1 Å². The lowest BCUT2D eigenvalue weighted by atomic mass is 10.2. The van der Waals surface area contributed by atoms with Crippen molar-refractivity contribution in [1.82, 2.24) is 35.6 Å². The first-order chi connectivity index (χ1) is 15.5. The summed E-state index contributed by atoms with van der Waals surface area (Å²) in [5.41, 5.74) is 9.76. The topological polar surface area (TPSA) is 153 Å². The molecule has 3 aromatic rings. The van der Waals surface area contributed by atoms with E-state index in [-0.39, 0.29) is 17.3 Å². The van der Waals surface area contributed by atoms with Crippen molar-refractivity contribution in [1.29, 1.82) is 0 Å². The monoisotopic (exact) mass is 441 g/mol. The van der Waals surface area contributed by atoms with Crippen molar-refractivity contribution in [2.24, 2.45) is 5.10 Å². The maximum atomic E-state index is 12.8. The minimum absolute atomic E-state index is 0.0531. The van der Waals surface area contributed by atoms with Gasteiger partial charge in [0.2, 0.25) is 11.6 Å². The zero-order valence-corrected chi connectivity index (χ0v) is 18.4. The summed E-state index contributed by atoms with van der Waals surface area (Å²) >= 11 is 0. The SMILES string of the molecule is CCCN(CCC)Cc1c(C(=O)NN=C/C(C)=C\c2ccco2)nnn1-c1nonc1N. The smallest absolute Gasteiger partial charge is 0.293 e. The fourth-order valence-corrected chi connectivity index (χ4v) is 3.12. The molecule has 0 bridgehead atoms. The molecule has 0 aliphatic rings. The van der Waals surface area contributed by atoms with E-state index in [1.165, 1.54) is 10.9 Å². The number of carbonyl (C=O) groups is 1. The summed E-state index contributed by atoms with van der Waals surface area (Å²) in [6.45, 7) is 8.15. The van der Waals surface area contributed by atoms with Gasteiger partial charge < -0.3 is 10.2 Å². The van der Waals surface area contributed by atoms with Gasteiger partial charge in [-0.15, -0.1) is 5.10 Å². The summed E-state index contributed by atoms with van der Waals surface area (Å²) in [6, 6.07) is 3.61. The van der Waals surface area contributed by atoms with E-state index in [4.69, 9.17) is 14.8 Å². The number of allylic oxidation sites excluding steroid dienone is 1. The van der Waals surface area contributed by atoms with Crippen molar-refractivity contribution >= 4 is 24.0 Å². The normalized spacial score (nSPS) is 12.2. The number of anilines is 1. The lowest BCUT2D eigenvalue weighted by Crippen LogP contribution is -2.28. The molecular formula is C20H27N9O3. The quantitative estimate of drug-likeness (QED) is 0.337. The van der Waals surface area contributed by atoms with Gasteiger partial charge in [0, 0.05) is 6.54 Å². The minimum Gasteiger partial charge on any atom is -0.465 e. The molecular weight excluding hydrogens is 414 g/mol. The second-order valence-corrected chi connectivity index (χ2v) is 7.15. The van der Waals surface area contributed by atoms with Crippen LogP contribution < -0.4 is 11.2 Å². The van der Waals surface area contributed by atoms with E-state index < -0.39 is 5.91 Å². The molecule has 0 saturated heterocycles. The van der Waals surface area contributed by atoms with Crippen LogP contribution in [0.15, 0.2) is 38.1 Å². The minimum atomic E-state index is -0.503. The molecule has 12 heteroatoms. The summed E-state index contributed by atoms with van der Waals surface area (Å²) in [5, 5.41) is 19.5. The maximum absolute atomic E-state index is 12.8. The van der Waals surface area contributed by atoms with E-state index >= 15 is 0 Å². The van der Waals surface area contributed by atoms with Gasteiger partial charge in [0.05, 0.1) is 18.2 Å². The predicted molar refractivity (Wildman–Crippen MR) is 118 cm³/mol. The molecule has 3 N–H and O–H groups in total. The molecule has 170 valence electrons. The van der Waals surface area contributed by atoms with E-state index in [0.29, 0.717) is 18.0 Å². The Bertz CT molecular complexity index is 1060. The van der Waals surface area contributed by atoms with Gasteiger partial charge in [-0.25, -0.2) is 10.1 Å². The van der Waals surface area contributed by atoms with Gasteiger partial charge in [0.15, 0.2) is 5.69 Å². The Hall–Kier alpha value is -3.80. The van der Waals surface area contributed by atoms with Crippen LogP contribution in [-0.2, 0) is 6.54 Å². The van der Waals surface area contributed by atoms with Crippen LogP contribution in [0.2, 0.25) is 0 Å². The standard InChI is InChI=1S/C20H27N9O3/c1-4-8-28(9-5-2)13-16-17(23-27-29(16)19-18(21)25-32-26-19)20(30)24-22-12-14(3)11-15-7-6-10-31-15/h6-7,10-12H,4-5,8-9,13H2,1-3H3,(H2,21,25)(H,24,30)/b14-11-,22-12?. The van der Waals surface area contributed by atoms with Crippen LogP contribution in [0.5, 0.6) is 0 Å². The van der Waals surface area contributed by atoms with Crippen molar-refractivity contribution in [3.05, 3.63) is 41.1 Å². The number of nitrogen functional groups attached to an aromatic ring is 1. The molecule has 0 unspecified atom stereocenters. The van der Waals surface area contributed by atoms with Crippen molar-refractivity contribution in [2.45, 2.75) is 40.2 Å². The van der Waals surface area contributed by atoms with Gasteiger partial charge in [-0.3, -0.25) is 9.69 Å².